The van der Waals surface area contributed by atoms with E-state index in [0.717, 1.165) is 36.8 Å². The molecule has 206 valence electrons. The standard InChI is InChI=1S/C28H35F3N4O3/c29-28(30,31)27(10-2-11-27)19-34-13-8-20(9-14-34)18-38-26-32-15-23(16-33-26)21-4-6-22(7-5-21)25(37)35-12-1-3-24(36)17-35/h4-7,15-16,20,24,36H,1-3,8-14,17-19H2/t24-/m1/s1. The zero-order chi connectivity index (χ0) is 26.8. The van der Waals surface area contributed by atoms with Crippen molar-refractivity contribution in [1.82, 2.24) is 19.8 Å². The first kappa shape index (κ1) is 26.9. The number of nitrogens with zero attached hydrogens (tertiary/aromatic N) is 4. The molecule has 3 heterocycles. The molecule has 38 heavy (non-hydrogen) atoms. The van der Waals surface area contributed by atoms with Crippen LogP contribution in [0.4, 0.5) is 13.2 Å². The van der Waals surface area contributed by atoms with Gasteiger partial charge in [0, 0.05) is 43.2 Å². The number of benzene rings is 1. The number of aliphatic hydroxyl groups is 1. The van der Waals surface area contributed by atoms with Crippen LogP contribution in [0.1, 0.15) is 55.3 Å². The number of amides is 1. The number of ether oxygens (including phenoxy) is 1. The van der Waals surface area contributed by atoms with Crippen LogP contribution >= 0.6 is 0 Å². The van der Waals surface area contributed by atoms with Crippen LogP contribution in [0.25, 0.3) is 11.1 Å². The van der Waals surface area contributed by atoms with Gasteiger partial charge in [-0.1, -0.05) is 18.6 Å². The van der Waals surface area contributed by atoms with Gasteiger partial charge in [0.25, 0.3) is 5.91 Å². The third kappa shape index (κ3) is 5.96. The summed E-state index contributed by atoms with van der Waals surface area (Å²) in [6, 6.07) is 7.53. The van der Waals surface area contributed by atoms with Crippen molar-refractivity contribution in [3.8, 4) is 17.1 Å². The molecule has 1 amide bonds. The van der Waals surface area contributed by atoms with E-state index >= 15 is 0 Å². The number of aliphatic hydroxyl groups excluding tert-OH is 1. The molecule has 1 N–H and O–H groups in total. The van der Waals surface area contributed by atoms with Gasteiger partial charge in [-0.25, -0.2) is 9.97 Å². The van der Waals surface area contributed by atoms with Crippen molar-refractivity contribution in [3.05, 3.63) is 42.2 Å². The normalized spacial score (nSPS) is 22.6. The number of hydrogen-bond donors (Lipinski definition) is 1. The molecular formula is C28H35F3N4O3. The molecule has 5 rings (SSSR count). The van der Waals surface area contributed by atoms with Crippen LogP contribution in [-0.4, -0.2) is 82.4 Å². The van der Waals surface area contributed by atoms with Gasteiger partial charge in [-0.05, 0) is 75.2 Å². The van der Waals surface area contributed by atoms with Crippen molar-refractivity contribution in [3.63, 3.8) is 0 Å². The smallest absolute Gasteiger partial charge is 0.395 e. The number of aromatic nitrogens is 2. The highest BCUT2D eigenvalue weighted by molar-refractivity contribution is 5.94. The summed E-state index contributed by atoms with van der Waals surface area (Å²) in [6.07, 6.45) is 3.07. The predicted octanol–water partition coefficient (Wildman–Crippen LogP) is 4.56. The van der Waals surface area contributed by atoms with Crippen LogP contribution in [0.5, 0.6) is 6.01 Å². The minimum atomic E-state index is -4.12. The van der Waals surface area contributed by atoms with Gasteiger partial charge in [0.2, 0.25) is 0 Å². The monoisotopic (exact) mass is 532 g/mol. The van der Waals surface area contributed by atoms with E-state index < -0.39 is 17.7 Å². The van der Waals surface area contributed by atoms with Crippen LogP contribution in [0.15, 0.2) is 36.7 Å². The van der Waals surface area contributed by atoms with Crippen molar-refractivity contribution in [1.29, 1.82) is 0 Å². The molecule has 1 saturated carbocycles. The topological polar surface area (TPSA) is 78.8 Å². The number of halogens is 3. The number of β-amino-alcohol motifs (C(OH)–C–C–N with tert-alkyl or cyclic N) is 1. The fraction of sp³-hybridized carbons (Fsp3) is 0.607. The minimum absolute atomic E-state index is 0.0796. The van der Waals surface area contributed by atoms with Crippen LogP contribution in [0.3, 0.4) is 0 Å². The fourth-order valence-corrected chi connectivity index (χ4v) is 5.73. The van der Waals surface area contributed by atoms with E-state index in [0.29, 0.717) is 44.8 Å². The lowest BCUT2D eigenvalue weighted by molar-refractivity contribution is -0.256. The molecule has 0 unspecified atom stereocenters. The number of alkyl halides is 3. The first-order chi connectivity index (χ1) is 18.2. The largest absolute Gasteiger partial charge is 0.463 e. The molecule has 0 spiro atoms. The van der Waals surface area contributed by atoms with E-state index in [1.54, 1.807) is 29.4 Å². The summed E-state index contributed by atoms with van der Waals surface area (Å²) in [5.74, 6) is 0.188. The summed E-state index contributed by atoms with van der Waals surface area (Å²) >= 11 is 0. The minimum Gasteiger partial charge on any atom is -0.463 e. The van der Waals surface area contributed by atoms with Crippen LogP contribution in [-0.2, 0) is 0 Å². The molecule has 3 aliphatic rings. The number of carbonyl (C=O) groups excluding carboxylic acids is 1. The maximum absolute atomic E-state index is 13.5. The van der Waals surface area contributed by atoms with Gasteiger partial charge in [-0.15, -0.1) is 0 Å². The zero-order valence-electron chi connectivity index (χ0n) is 21.5. The van der Waals surface area contributed by atoms with Gasteiger partial charge in [-0.2, -0.15) is 13.2 Å². The second-order valence-electron chi connectivity index (χ2n) is 11.0. The van der Waals surface area contributed by atoms with Crippen molar-refractivity contribution in [2.24, 2.45) is 11.3 Å². The SMILES string of the molecule is O=C(c1ccc(-c2cnc(OCC3CCN(CC4(C(F)(F)F)CCC4)CC3)nc2)cc1)N1CCC[C@@H](O)C1. The summed E-state index contributed by atoms with van der Waals surface area (Å²) < 4.78 is 46.2. The average molecular weight is 533 g/mol. The van der Waals surface area contributed by atoms with E-state index in [-0.39, 0.29) is 37.2 Å². The molecule has 0 bridgehead atoms. The van der Waals surface area contributed by atoms with Crippen molar-refractivity contribution in [2.75, 3.05) is 39.3 Å². The lowest BCUT2D eigenvalue weighted by Gasteiger charge is -2.47. The summed E-state index contributed by atoms with van der Waals surface area (Å²) in [7, 11) is 0. The average Bonchev–Trinajstić information content (AvgIpc) is 2.89. The van der Waals surface area contributed by atoms with Gasteiger partial charge in [0.15, 0.2) is 0 Å². The molecule has 2 saturated heterocycles. The van der Waals surface area contributed by atoms with Crippen molar-refractivity contribution >= 4 is 5.91 Å². The van der Waals surface area contributed by atoms with Gasteiger partial charge >= 0.3 is 12.2 Å². The van der Waals surface area contributed by atoms with E-state index in [9.17, 15) is 23.1 Å². The summed E-state index contributed by atoms with van der Waals surface area (Å²) in [5, 5.41) is 9.83. The highest BCUT2D eigenvalue weighted by Crippen LogP contribution is 2.53. The molecule has 2 aliphatic heterocycles. The van der Waals surface area contributed by atoms with Crippen molar-refractivity contribution < 1.29 is 27.8 Å². The molecule has 1 aliphatic carbocycles. The number of hydrogen-bond acceptors (Lipinski definition) is 6. The molecule has 0 radical (unpaired) electrons. The van der Waals surface area contributed by atoms with E-state index in [2.05, 4.69) is 9.97 Å². The quantitative estimate of drug-likeness (QED) is 0.563. The highest BCUT2D eigenvalue weighted by atomic mass is 19.4. The molecule has 1 atom stereocenters. The highest BCUT2D eigenvalue weighted by Gasteiger charge is 2.58. The van der Waals surface area contributed by atoms with E-state index in [1.165, 1.54) is 0 Å². The van der Waals surface area contributed by atoms with E-state index in [4.69, 9.17) is 4.74 Å². The first-order valence-electron chi connectivity index (χ1n) is 13.5. The fourth-order valence-electron chi connectivity index (χ4n) is 5.73. The van der Waals surface area contributed by atoms with E-state index in [1.807, 2.05) is 17.0 Å². The van der Waals surface area contributed by atoms with Gasteiger partial charge in [-0.3, -0.25) is 4.79 Å². The third-order valence-corrected chi connectivity index (χ3v) is 8.37. The Morgan fingerprint density at radius 1 is 1.00 bits per heavy atom. The second kappa shape index (κ2) is 11.2. The maximum atomic E-state index is 13.5. The Labute approximate surface area is 221 Å². The second-order valence-corrected chi connectivity index (χ2v) is 11.0. The Morgan fingerprint density at radius 2 is 1.68 bits per heavy atom. The van der Waals surface area contributed by atoms with Crippen LogP contribution in [0, 0.1) is 11.3 Å². The Kier molecular flexibility index (Phi) is 7.90. The van der Waals surface area contributed by atoms with Gasteiger partial charge in [0.05, 0.1) is 18.1 Å². The molecule has 2 aromatic rings. The number of likely N-dealkylation sites (tertiary alicyclic amines) is 2. The number of carbonyl (C=O) groups is 1. The lowest BCUT2D eigenvalue weighted by atomic mass is 9.67. The summed E-state index contributed by atoms with van der Waals surface area (Å²) in [6.45, 7) is 2.90. The predicted molar refractivity (Wildman–Crippen MR) is 136 cm³/mol. The molecule has 1 aromatic heterocycles. The molecule has 10 heteroatoms. The van der Waals surface area contributed by atoms with Crippen molar-refractivity contribution in [2.45, 2.75) is 57.2 Å². The Morgan fingerprint density at radius 3 is 2.26 bits per heavy atom. The Bertz CT molecular complexity index is 1080. The number of piperidine rings is 2. The summed E-state index contributed by atoms with van der Waals surface area (Å²) in [5.41, 5.74) is 0.754. The molecule has 7 nitrogen and oxygen atoms in total. The lowest BCUT2D eigenvalue weighted by Crippen LogP contribution is -2.53. The van der Waals surface area contributed by atoms with Crippen LogP contribution < -0.4 is 4.74 Å². The zero-order valence-corrected chi connectivity index (χ0v) is 21.5. The Balaban J connectivity index is 1.08. The molecule has 1 aromatic carbocycles. The van der Waals surface area contributed by atoms with Gasteiger partial charge < -0.3 is 19.6 Å². The Hall–Kier alpha value is -2.72. The molecular weight excluding hydrogens is 497 g/mol. The maximum Gasteiger partial charge on any atom is 0.395 e. The third-order valence-electron chi connectivity index (χ3n) is 8.37. The summed E-state index contributed by atoms with van der Waals surface area (Å²) in [4.78, 5) is 25.0. The first-order valence-corrected chi connectivity index (χ1v) is 13.5. The number of rotatable bonds is 7. The van der Waals surface area contributed by atoms with Gasteiger partial charge in [0.1, 0.15) is 0 Å². The van der Waals surface area contributed by atoms with Crippen LogP contribution in [0.2, 0.25) is 0 Å². The molecule has 3 fully saturated rings.